The molecule has 0 spiro atoms. The summed E-state index contributed by atoms with van der Waals surface area (Å²) in [5.41, 5.74) is 1.32. The number of ether oxygens (including phenoxy) is 1. The molecule has 3 heteroatoms. The van der Waals surface area contributed by atoms with Gasteiger partial charge < -0.3 is 9.64 Å². The van der Waals surface area contributed by atoms with Crippen molar-refractivity contribution in [2.75, 3.05) is 13.1 Å². The highest BCUT2D eigenvalue weighted by molar-refractivity contribution is 5.70. The molecule has 1 aromatic rings. The minimum Gasteiger partial charge on any atom is -0.410 e. The number of rotatable bonds is 5. The van der Waals surface area contributed by atoms with Crippen LogP contribution in [-0.4, -0.2) is 24.1 Å². The SMILES string of the molecule is CCCCCc1ccc(OC(=O)N2CCCCC2)cc1. The maximum Gasteiger partial charge on any atom is 0.415 e. The van der Waals surface area contributed by atoms with E-state index in [9.17, 15) is 4.79 Å². The highest BCUT2D eigenvalue weighted by Gasteiger charge is 2.18. The number of piperidine rings is 1. The lowest BCUT2D eigenvalue weighted by Gasteiger charge is -2.25. The Kier molecular flexibility index (Phi) is 5.90. The van der Waals surface area contributed by atoms with E-state index in [1.807, 2.05) is 12.1 Å². The fourth-order valence-electron chi connectivity index (χ4n) is 2.55. The average Bonchev–Trinajstić information content (AvgIpc) is 2.50. The second-order valence-electron chi connectivity index (χ2n) is 5.52. The van der Waals surface area contributed by atoms with Gasteiger partial charge in [-0.25, -0.2) is 4.79 Å². The second kappa shape index (κ2) is 7.93. The van der Waals surface area contributed by atoms with Gasteiger partial charge in [-0.05, 0) is 49.8 Å². The predicted octanol–water partition coefficient (Wildman–Crippen LogP) is 4.40. The fraction of sp³-hybridized carbons (Fsp3) is 0.588. The Morgan fingerprint density at radius 1 is 1.10 bits per heavy atom. The molecule has 0 aliphatic carbocycles. The molecule has 1 heterocycles. The zero-order chi connectivity index (χ0) is 14.2. The normalized spacial score (nSPS) is 15.2. The number of hydrogen-bond donors (Lipinski definition) is 0. The average molecular weight is 275 g/mol. The van der Waals surface area contributed by atoms with E-state index in [4.69, 9.17) is 4.74 Å². The molecule has 1 aromatic carbocycles. The molecule has 1 fully saturated rings. The van der Waals surface area contributed by atoms with Crippen molar-refractivity contribution in [3.63, 3.8) is 0 Å². The number of carbonyl (C=O) groups excluding carboxylic acids is 1. The zero-order valence-corrected chi connectivity index (χ0v) is 12.4. The number of amides is 1. The number of unbranched alkanes of at least 4 members (excludes halogenated alkanes) is 2. The summed E-state index contributed by atoms with van der Waals surface area (Å²) in [6.07, 6.45) is 8.03. The summed E-state index contributed by atoms with van der Waals surface area (Å²) in [5.74, 6) is 0.653. The van der Waals surface area contributed by atoms with Gasteiger partial charge in [-0.15, -0.1) is 0 Å². The fourth-order valence-corrected chi connectivity index (χ4v) is 2.55. The van der Waals surface area contributed by atoms with Crippen LogP contribution in [0.15, 0.2) is 24.3 Å². The van der Waals surface area contributed by atoms with Crippen molar-refractivity contribution in [2.45, 2.75) is 51.9 Å². The van der Waals surface area contributed by atoms with Gasteiger partial charge in [0.1, 0.15) is 5.75 Å². The van der Waals surface area contributed by atoms with Crippen LogP contribution in [0.1, 0.15) is 51.0 Å². The van der Waals surface area contributed by atoms with Crippen LogP contribution in [0, 0.1) is 0 Å². The first-order valence-electron chi connectivity index (χ1n) is 7.85. The minimum absolute atomic E-state index is 0.205. The smallest absolute Gasteiger partial charge is 0.410 e. The van der Waals surface area contributed by atoms with E-state index in [1.54, 1.807) is 4.90 Å². The molecular formula is C17H25NO2. The molecule has 0 aromatic heterocycles. The molecule has 3 nitrogen and oxygen atoms in total. The lowest BCUT2D eigenvalue weighted by Crippen LogP contribution is -2.37. The molecule has 0 atom stereocenters. The number of likely N-dealkylation sites (tertiary alicyclic amines) is 1. The largest absolute Gasteiger partial charge is 0.415 e. The Morgan fingerprint density at radius 3 is 2.45 bits per heavy atom. The van der Waals surface area contributed by atoms with E-state index in [2.05, 4.69) is 19.1 Å². The second-order valence-corrected chi connectivity index (χ2v) is 5.52. The van der Waals surface area contributed by atoms with Crippen LogP contribution in [-0.2, 0) is 6.42 Å². The molecular weight excluding hydrogens is 250 g/mol. The molecule has 1 aliphatic rings. The summed E-state index contributed by atoms with van der Waals surface area (Å²) in [6, 6.07) is 7.94. The summed E-state index contributed by atoms with van der Waals surface area (Å²) >= 11 is 0. The van der Waals surface area contributed by atoms with Crippen molar-refractivity contribution in [1.82, 2.24) is 4.90 Å². The number of carbonyl (C=O) groups is 1. The first-order chi connectivity index (χ1) is 9.79. The standard InChI is InChI=1S/C17H25NO2/c1-2-3-5-8-15-9-11-16(12-10-15)20-17(19)18-13-6-4-7-14-18/h9-12H,2-8,13-14H2,1H3. The van der Waals surface area contributed by atoms with Crippen LogP contribution in [0.4, 0.5) is 4.79 Å². The Bertz CT molecular complexity index is 408. The molecule has 110 valence electrons. The summed E-state index contributed by atoms with van der Waals surface area (Å²) < 4.78 is 5.42. The first-order valence-corrected chi connectivity index (χ1v) is 7.85. The molecule has 2 rings (SSSR count). The van der Waals surface area contributed by atoms with Crippen molar-refractivity contribution < 1.29 is 9.53 Å². The Labute approximate surface area is 121 Å². The molecule has 0 unspecified atom stereocenters. The number of hydrogen-bond acceptors (Lipinski definition) is 2. The van der Waals surface area contributed by atoms with Gasteiger partial charge in [0.2, 0.25) is 0 Å². The monoisotopic (exact) mass is 275 g/mol. The van der Waals surface area contributed by atoms with Gasteiger partial charge in [0.05, 0.1) is 0 Å². The van der Waals surface area contributed by atoms with Crippen molar-refractivity contribution in [3.8, 4) is 5.75 Å². The zero-order valence-electron chi connectivity index (χ0n) is 12.4. The molecule has 20 heavy (non-hydrogen) atoms. The number of aryl methyl sites for hydroxylation is 1. The van der Waals surface area contributed by atoms with Gasteiger partial charge in [0.15, 0.2) is 0 Å². The van der Waals surface area contributed by atoms with Crippen molar-refractivity contribution >= 4 is 6.09 Å². The lowest BCUT2D eigenvalue weighted by atomic mass is 10.1. The minimum atomic E-state index is -0.205. The Hall–Kier alpha value is -1.51. The maximum absolute atomic E-state index is 12.0. The highest BCUT2D eigenvalue weighted by Crippen LogP contribution is 2.17. The van der Waals surface area contributed by atoms with Crippen LogP contribution in [0.25, 0.3) is 0 Å². The third-order valence-corrected chi connectivity index (χ3v) is 3.81. The molecule has 0 bridgehead atoms. The Balaban J connectivity index is 1.81. The molecule has 0 N–H and O–H groups in total. The van der Waals surface area contributed by atoms with Gasteiger partial charge in [0.25, 0.3) is 0 Å². The molecule has 0 saturated carbocycles. The summed E-state index contributed by atoms with van der Waals surface area (Å²) in [6.45, 7) is 3.87. The summed E-state index contributed by atoms with van der Waals surface area (Å²) in [7, 11) is 0. The van der Waals surface area contributed by atoms with Crippen molar-refractivity contribution in [2.24, 2.45) is 0 Å². The maximum atomic E-state index is 12.0. The highest BCUT2D eigenvalue weighted by atomic mass is 16.6. The van der Waals surface area contributed by atoms with E-state index >= 15 is 0 Å². The van der Waals surface area contributed by atoms with E-state index in [0.29, 0.717) is 5.75 Å². The number of benzene rings is 1. The van der Waals surface area contributed by atoms with Gasteiger partial charge in [0, 0.05) is 13.1 Å². The topological polar surface area (TPSA) is 29.5 Å². The van der Waals surface area contributed by atoms with Crippen LogP contribution in [0.2, 0.25) is 0 Å². The van der Waals surface area contributed by atoms with E-state index in [0.717, 1.165) is 32.4 Å². The van der Waals surface area contributed by atoms with Gasteiger partial charge in [-0.3, -0.25) is 0 Å². The predicted molar refractivity (Wildman–Crippen MR) is 81.1 cm³/mol. The molecule has 1 saturated heterocycles. The van der Waals surface area contributed by atoms with Gasteiger partial charge in [-0.2, -0.15) is 0 Å². The quantitative estimate of drug-likeness (QED) is 0.745. The lowest BCUT2D eigenvalue weighted by molar-refractivity contribution is 0.142. The van der Waals surface area contributed by atoms with Crippen LogP contribution >= 0.6 is 0 Å². The first kappa shape index (κ1) is 14.9. The molecule has 0 radical (unpaired) electrons. The van der Waals surface area contributed by atoms with E-state index < -0.39 is 0 Å². The third kappa shape index (κ3) is 4.55. The van der Waals surface area contributed by atoms with Crippen LogP contribution in [0.3, 0.4) is 0 Å². The summed E-state index contributed by atoms with van der Waals surface area (Å²) in [4.78, 5) is 13.8. The van der Waals surface area contributed by atoms with Gasteiger partial charge in [-0.1, -0.05) is 31.9 Å². The van der Waals surface area contributed by atoms with Gasteiger partial charge >= 0.3 is 6.09 Å². The van der Waals surface area contributed by atoms with Crippen LogP contribution in [0.5, 0.6) is 5.75 Å². The Morgan fingerprint density at radius 2 is 1.80 bits per heavy atom. The third-order valence-electron chi connectivity index (χ3n) is 3.81. The number of nitrogens with zero attached hydrogens (tertiary/aromatic N) is 1. The van der Waals surface area contributed by atoms with Crippen LogP contribution < -0.4 is 4.74 Å². The van der Waals surface area contributed by atoms with E-state index in [1.165, 1.54) is 31.2 Å². The van der Waals surface area contributed by atoms with Crippen molar-refractivity contribution in [3.05, 3.63) is 29.8 Å². The molecule has 1 aliphatic heterocycles. The summed E-state index contributed by atoms with van der Waals surface area (Å²) in [5, 5.41) is 0. The van der Waals surface area contributed by atoms with E-state index in [-0.39, 0.29) is 6.09 Å². The van der Waals surface area contributed by atoms with Crippen molar-refractivity contribution in [1.29, 1.82) is 0 Å². The molecule has 1 amide bonds.